The van der Waals surface area contributed by atoms with Gasteiger partial charge in [-0.2, -0.15) is 5.26 Å². The zero-order valence-corrected chi connectivity index (χ0v) is 10.1. The van der Waals surface area contributed by atoms with Gasteiger partial charge in [-0.05, 0) is 13.3 Å². The Bertz CT molecular complexity index is 287. The van der Waals surface area contributed by atoms with Gasteiger partial charge in [-0.3, -0.25) is 4.79 Å². The summed E-state index contributed by atoms with van der Waals surface area (Å²) in [5.41, 5.74) is 0. The van der Waals surface area contributed by atoms with E-state index < -0.39 is 0 Å². The number of amides is 1. The van der Waals surface area contributed by atoms with Gasteiger partial charge in [0.25, 0.3) is 0 Å². The summed E-state index contributed by atoms with van der Waals surface area (Å²) in [4.78, 5) is 13.7. The van der Waals surface area contributed by atoms with Crippen LogP contribution in [0.3, 0.4) is 0 Å². The highest BCUT2D eigenvalue weighted by molar-refractivity contribution is 5.82. The molecule has 1 saturated heterocycles. The maximum atomic E-state index is 12.0. The van der Waals surface area contributed by atoms with Crippen LogP contribution in [0.4, 0.5) is 0 Å². The third-order valence-electron chi connectivity index (χ3n) is 3.12. The SMILES string of the molecule is COC1CNC(C(=O)N(C)C(C)CC#N)C1. The van der Waals surface area contributed by atoms with Crippen LogP contribution in [0.15, 0.2) is 0 Å². The van der Waals surface area contributed by atoms with Gasteiger partial charge in [0.15, 0.2) is 0 Å². The normalized spacial score (nSPS) is 26.1. The summed E-state index contributed by atoms with van der Waals surface area (Å²) >= 11 is 0. The second kappa shape index (κ2) is 5.83. The first kappa shape index (κ1) is 12.9. The lowest BCUT2D eigenvalue weighted by Crippen LogP contribution is -2.45. The topological polar surface area (TPSA) is 65.4 Å². The zero-order chi connectivity index (χ0) is 12.1. The van der Waals surface area contributed by atoms with Crippen molar-refractivity contribution >= 4 is 5.91 Å². The fourth-order valence-electron chi connectivity index (χ4n) is 1.80. The fourth-order valence-corrected chi connectivity index (χ4v) is 1.80. The number of carbonyl (C=O) groups excluding carboxylic acids is 1. The first-order valence-electron chi connectivity index (χ1n) is 5.50. The van der Waals surface area contributed by atoms with E-state index in [1.165, 1.54) is 0 Å². The molecule has 0 aromatic rings. The molecule has 5 nitrogen and oxygen atoms in total. The summed E-state index contributed by atoms with van der Waals surface area (Å²) in [6.45, 7) is 2.59. The van der Waals surface area contributed by atoms with Gasteiger partial charge in [-0.1, -0.05) is 0 Å². The van der Waals surface area contributed by atoms with Gasteiger partial charge in [0, 0.05) is 26.7 Å². The van der Waals surface area contributed by atoms with Crippen LogP contribution in [0.5, 0.6) is 0 Å². The number of ether oxygens (including phenoxy) is 1. The monoisotopic (exact) mass is 225 g/mol. The molecule has 90 valence electrons. The molecule has 0 aliphatic carbocycles. The van der Waals surface area contributed by atoms with E-state index in [-0.39, 0.29) is 24.1 Å². The van der Waals surface area contributed by atoms with Crippen molar-refractivity contribution in [3.8, 4) is 6.07 Å². The molecule has 0 aromatic heterocycles. The van der Waals surface area contributed by atoms with Crippen LogP contribution >= 0.6 is 0 Å². The third kappa shape index (κ3) is 2.94. The van der Waals surface area contributed by atoms with Crippen molar-refractivity contribution in [2.75, 3.05) is 20.7 Å². The summed E-state index contributed by atoms with van der Waals surface area (Å²) in [5, 5.41) is 11.7. The first-order valence-corrected chi connectivity index (χ1v) is 5.50. The van der Waals surface area contributed by atoms with Gasteiger partial charge in [0.2, 0.25) is 5.91 Å². The summed E-state index contributed by atoms with van der Waals surface area (Å²) < 4.78 is 5.19. The molecule has 3 atom stereocenters. The van der Waals surface area contributed by atoms with Crippen LogP contribution in [-0.4, -0.2) is 49.7 Å². The standard InChI is InChI=1S/C11H19N3O2/c1-8(4-5-12)14(2)11(15)10-6-9(16-3)7-13-10/h8-10,13H,4,6-7H2,1-3H3. The maximum absolute atomic E-state index is 12.0. The largest absolute Gasteiger partial charge is 0.380 e. The molecule has 1 heterocycles. The Kier molecular flexibility index (Phi) is 4.71. The van der Waals surface area contributed by atoms with E-state index in [1.807, 2.05) is 6.92 Å². The molecule has 1 aliphatic rings. The number of likely N-dealkylation sites (N-methyl/N-ethyl adjacent to an activating group) is 1. The van der Waals surface area contributed by atoms with Crippen molar-refractivity contribution in [2.45, 2.75) is 38.0 Å². The van der Waals surface area contributed by atoms with Crippen molar-refractivity contribution < 1.29 is 9.53 Å². The average Bonchev–Trinajstić information content (AvgIpc) is 2.75. The molecular weight excluding hydrogens is 206 g/mol. The van der Waals surface area contributed by atoms with Gasteiger partial charge in [0.05, 0.1) is 24.6 Å². The van der Waals surface area contributed by atoms with Crippen molar-refractivity contribution in [1.82, 2.24) is 10.2 Å². The second-order valence-electron chi connectivity index (χ2n) is 4.21. The number of nitrogens with zero attached hydrogens (tertiary/aromatic N) is 2. The summed E-state index contributed by atoms with van der Waals surface area (Å²) in [5.74, 6) is 0.0438. The summed E-state index contributed by atoms with van der Waals surface area (Å²) in [6.07, 6.45) is 1.19. The fraction of sp³-hybridized carbons (Fsp3) is 0.818. The molecule has 1 amide bonds. The van der Waals surface area contributed by atoms with Crippen LogP contribution in [0.2, 0.25) is 0 Å². The lowest BCUT2D eigenvalue weighted by Gasteiger charge is -2.25. The number of carbonyl (C=O) groups is 1. The lowest BCUT2D eigenvalue weighted by molar-refractivity contribution is -0.133. The van der Waals surface area contributed by atoms with Gasteiger partial charge >= 0.3 is 0 Å². The predicted molar refractivity (Wildman–Crippen MR) is 59.7 cm³/mol. The minimum atomic E-state index is -0.170. The Morgan fingerprint density at radius 1 is 1.75 bits per heavy atom. The van der Waals surface area contributed by atoms with Gasteiger partial charge < -0.3 is 15.0 Å². The van der Waals surface area contributed by atoms with E-state index in [0.717, 1.165) is 0 Å². The molecule has 0 radical (unpaired) electrons. The van der Waals surface area contributed by atoms with Gasteiger partial charge in [0.1, 0.15) is 0 Å². The van der Waals surface area contributed by atoms with Gasteiger partial charge in [-0.15, -0.1) is 0 Å². The van der Waals surface area contributed by atoms with Crippen LogP contribution in [0.25, 0.3) is 0 Å². The number of hydrogen-bond donors (Lipinski definition) is 1. The number of methoxy groups -OCH3 is 1. The Hall–Kier alpha value is -1.12. The average molecular weight is 225 g/mol. The van der Waals surface area contributed by atoms with E-state index >= 15 is 0 Å². The van der Waals surface area contributed by atoms with E-state index in [9.17, 15) is 4.79 Å². The van der Waals surface area contributed by atoms with E-state index in [1.54, 1.807) is 19.1 Å². The second-order valence-corrected chi connectivity index (χ2v) is 4.21. The van der Waals surface area contributed by atoms with E-state index in [2.05, 4.69) is 11.4 Å². The Morgan fingerprint density at radius 3 is 2.94 bits per heavy atom. The van der Waals surface area contributed by atoms with Crippen molar-refractivity contribution in [1.29, 1.82) is 5.26 Å². The number of hydrogen-bond acceptors (Lipinski definition) is 4. The smallest absolute Gasteiger partial charge is 0.239 e. The molecule has 3 unspecified atom stereocenters. The van der Waals surface area contributed by atoms with E-state index in [0.29, 0.717) is 19.4 Å². The summed E-state index contributed by atoms with van der Waals surface area (Å²) in [7, 11) is 3.40. The van der Waals surface area contributed by atoms with Gasteiger partial charge in [-0.25, -0.2) is 0 Å². The molecule has 0 spiro atoms. The lowest BCUT2D eigenvalue weighted by atomic mass is 10.1. The Balaban J connectivity index is 2.49. The minimum Gasteiger partial charge on any atom is -0.380 e. The number of rotatable bonds is 4. The highest BCUT2D eigenvalue weighted by atomic mass is 16.5. The molecule has 1 fully saturated rings. The molecule has 5 heteroatoms. The molecule has 1 rings (SSSR count). The Labute approximate surface area is 96.4 Å². The summed E-state index contributed by atoms with van der Waals surface area (Å²) in [6, 6.07) is 1.86. The molecule has 0 saturated carbocycles. The predicted octanol–water partition coefficient (Wildman–Crippen LogP) is 0.124. The van der Waals surface area contributed by atoms with Crippen LogP contribution in [-0.2, 0) is 9.53 Å². The van der Waals surface area contributed by atoms with Crippen molar-refractivity contribution in [3.05, 3.63) is 0 Å². The molecule has 16 heavy (non-hydrogen) atoms. The number of nitriles is 1. The molecule has 0 bridgehead atoms. The van der Waals surface area contributed by atoms with E-state index in [4.69, 9.17) is 10.00 Å². The van der Waals surface area contributed by atoms with Crippen LogP contribution in [0.1, 0.15) is 19.8 Å². The number of nitrogens with one attached hydrogen (secondary N) is 1. The van der Waals surface area contributed by atoms with Crippen LogP contribution < -0.4 is 5.32 Å². The minimum absolute atomic E-state index is 0.0408. The zero-order valence-electron chi connectivity index (χ0n) is 10.1. The maximum Gasteiger partial charge on any atom is 0.239 e. The van der Waals surface area contributed by atoms with Crippen molar-refractivity contribution in [2.24, 2.45) is 0 Å². The van der Waals surface area contributed by atoms with Crippen molar-refractivity contribution in [3.63, 3.8) is 0 Å². The molecule has 0 aromatic carbocycles. The highest BCUT2D eigenvalue weighted by Crippen LogP contribution is 2.13. The quantitative estimate of drug-likeness (QED) is 0.738. The van der Waals surface area contributed by atoms with Crippen LogP contribution in [0, 0.1) is 11.3 Å². The molecule has 1 aliphatic heterocycles. The third-order valence-corrected chi connectivity index (χ3v) is 3.12. The molecule has 1 N–H and O–H groups in total. The Morgan fingerprint density at radius 2 is 2.44 bits per heavy atom. The first-order chi connectivity index (χ1) is 7.60. The highest BCUT2D eigenvalue weighted by Gasteiger charge is 2.32. The molecular formula is C11H19N3O2.